The number of imide groups is 1. The number of hydrogen-bond donors (Lipinski definition) is 4. The molecule has 0 saturated heterocycles. The van der Waals surface area contributed by atoms with Crippen LogP contribution >= 0.6 is 0 Å². The fourth-order valence-corrected chi connectivity index (χ4v) is 0.311. The first-order chi connectivity index (χ1) is 6.93. The van der Waals surface area contributed by atoms with Crippen LogP contribution in [0, 0.1) is 0 Å². The summed E-state index contributed by atoms with van der Waals surface area (Å²) < 4.78 is 4.33. The molecule has 0 aliphatic heterocycles. The largest absolute Gasteiger partial charge is 0.465 e. The predicted molar refractivity (Wildman–Crippen MR) is 49.0 cm³/mol. The van der Waals surface area contributed by atoms with Crippen LogP contribution in [0.3, 0.4) is 0 Å². The summed E-state index contributed by atoms with van der Waals surface area (Å²) in [6, 6.07) is -1.06. The minimum Gasteiger partial charge on any atom is -0.465 e. The molecule has 5 N–H and O–H groups in total. The number of carbonyl (C=O) groups excluding carboxylic acids is 2. The number of ether oxygens (including phenoxy) is 1. The molecular weight excluding hydrogens is 208 g/mol. The molecule has 0 aliphatic carbocycles. The molecule has 0 heterocycles. The quantitative estimate of drug-likeness (QED) is 0.357. The Hall–Kier alpha value is -2.09. The average Bonchev–Trinajstić information content (AvgIpc) is 2.12. The Balaban J connectivity index is 0. The number of primary amides is 1. The van der Waals surface area contributed by atoms with Gasteiger partial charge in [-0.25, -0.2) is 19.7 Å². The molecule has 0 aromatic heterocycles. The lowest BCUT2D eigenvalue weighted by atomic mass is 10.6. The molecular formula is C7H12N2O6. The minimum absolute atomic E-state index is 0.0465. The van der Waals surface area contributed by atoms with E-state index in [9.17, 15) is 14.4 Å². The SMILES string of the molecule is C=CC(=O)OCCO.NC(=O)NC(=O)O. The van der Waals surface area contributed by atoms with Gasteiger partial charge in [-0.3, -0.25) is 0 Å². The highest BCUT2D eigenvalue weighted by atomic mass is 16.5. The first-order valence-corrected chi connectivity index (χ1v) is 3.63. The van der Waals surface area contributed by atoms with Gasteiger partial charge in [-0.05, 0) is 0 Å². The van der Waals surface area contributed by atoms with Crippen LogP contribution in [0.5, 0.6) is 0 Å². The van der Waals surface area contributed by atoms with Crippen LogP contribution in [-0.4, -0.2) is 41.5 Å². The smallest absolute Gasteiger partial charge is 0.412 e. The number of aliphatic hydroxyl groups excluding tert-OH is 1. The van der Waals surface area contributed by atoms with Gasteiger partial charge < -0.3 is 20.7 Å². The van der Waals surface area contributed by atoms with Crippen molar-refractivity contribution in [3.8, 4) is 0 Å². The van der Waals surface area contributed by atoms with Gasteiger partial charge in [0.2, 0.25) is 0 Å². The lowest BCUT2D eigenvalue weighted by molar-refractivity contribution is -0.138. The number of amides is 3. The molecule has 0 aromatic carbocycles. The van der Waals surface area contributed by atoms with Crippen LogP contribution in [-0.2, 0) is 9.53 Å². The van der Waals surface area contributed by atoms with Crippen molar-refractivity contribution < 1.29 is 29.3 Å². The highest BCUT2D eigenvalue weighted by molar-refractivity contribution is 5.88. The zero-order chi connectivity index (χ0) is 12.3. The van der Waals surface area contributed by atoms with Gasteiger partial charge in [-0.15, -0.1) is 0 Å². The molecule has 0 rings (SSSR count). The molecule has 0 aliphatic rings. The number of aliphatic hydroxyl groups is 1. The number of hydrogen-bond acceptors (Lipinski definition) is 5. The minimum atomic E-state index is -1.44. The van der Waals surface area contributed by atoms with E-state index in [0.717, 1.165) is 6.08 Å². The second-order valence-electron chi connectivity index (χ2n) is 1.89. The van der Waals surface area contributed by atoms with Crippen LogP contribution in [0.25, 0.3) is 0 Å². The summed E-state index contributed by atoms with van der Waals surface area (Å²) in [5, 5.41) is 17.1. The summed E-state index contributed by atoms with van der Waals surface area (Å²) in [5.41, 5.74) is 4.36. The van der Waals surface area contributed by atoms with Crippen LogP contribution in [0.15, 0.2) is 12.7 Å². The van der Waals surface area contributed by atoms with Crippen molar-refractivity contribution in [2.75, 3.05) is 13.2 Å². The van der Waals surface area contributed by atoms with Gasteiger partial charge in [-0.1, -0.05) is 6.58 Å². The van der Waals surface area contributed by atoms with Crippen LogP contribution in [0.1, 0.15) is 0 Å². The molecule has 0 radical (unpaired) electrons. The summed E-state index contributed by atoms with van der Waals surface area (Å²) in [7, 11) is 0. The summed E-state index contributed by atoms with van der Waals surface area (Å²) >= 11 is 0. The number of nitrogens with two attached hydrogens (primary N) is 1. The Kier molecular flexibility index (Phi) is 10.3. The van der Waals surface area contributed by atoms with Gasteiger partial charge in [0.05, 0.1) is 6.61 Å². The number of carboxylic acid groups (broad SMARTS) is 1. The molecule has 0 atom stereocenters. The molecule has 0 unspecified atom stereocenters. The van der Waals surface area contributed by atoms with Crippen molar-refractivity contribution in [1.29, 1.82) is 0 Å². The summed E-state index contributed by atoms with van der Waals surface area (Å²) in [5.74, 6) is -0.501. The van der Waals surface area contributed by atoms with Crippen molar-refractivity contribution in [3.63, 3.8) is 0 Å². The van der Waals surface area contributed by atoms with Crippen molar-refractivity contribution in [2.45, 2.75) is 0 Å². The maximum Gasteiger partial charge on any atom is 0.412 e. The average molecular weight is 220 g/mol. The van der Waals surface area contributed by atoms with Crippen molar-refractivity contribution in [3.05, 3.63) is 12.7 Å². The summed E-state index contributed by atoms with van der Waals surface area (Å²) in [6.07, 6.45) is -0.386. The number of nitrogens with one attached hydrogen (secondary N) is 1. The maximum atomic E-state index is 10.1. The monoisotopic (exact) mass is 220 g/mol. The lowest BCUT2D eigenvalue weighted by Crippen LogP contribution is -2.33. The topological polar surface area (TPSA) is 139 Å². The first kappa shape index (κ1) is 15.4. The Morgan fingerprint density at radius 1 is 1.47 bits per heavy atom. The summed E-state index contributed by atoms with van der Waals surface area (Å²) in [6.45, 7) is 3.06. The van der Waals surface area contributed by atoms with E-state index in [-0.39, 0.29) is 13.2 Å². The third-order valence-corrected chi connectivity index (χ3v) is 0.732. The van der Waals surface area contributed by atoms with Gasteiger partial charge >= 0.3 is 18.1 Å². The Morgan fingerprint density at radius 2 is 2.00 bits per heavy atom. The molecule has 8 heteroatoms. The number of esters is 1. The van der Waals surface area contributed by atoms with Crippen LogP contribution in [0.4, 0.5) is 9.59 Å². The third-order valence-electron chi connectivity index (χ3n) is 0.732. The van der Waals surface area contributed by atoms with Gasteiger partial charge in [0.15, 0.2) is 0 Å². The van der Waals surface area contributed by atoms with E-state index >= 15 is 0 Å². The van der Waals surface area contributed by atoms with Gasteiger partial charge in [-0.2, -0.15) is 0 Å². The Morgan fingerprint density at radius 3 is 2.20 bits per heavy atom. The molecule has 0 aromatic rings. The number of rotatable bonds is 3. The molecule has 0 saturated carbocycles. The maximum absolute atomic E-state index is 10.1. The zero-order valence-electron chi connectivity index (χ0n) is 7.80. The molecule has 3 amide bonds. The van der Waals surface area contributed by atoms with E-state index in [2.05, 4.69) is 17.0 Å². The van der Waals surface area contributed by atoms with Gasteiger partial charge in [0.1, 0.15) is 6.61 Å². The normalized spacial score (nSPS) is 7.80. The van der Waals surface area contributed by atoms with Crippen molar-refractivity contribution in [2.24, 2.45) is 5.73 Å². The van der Waals surface area contributed by atoms with Crippen molar-refractivity contribution in [1.82, 2.24) is 5.32 Å². The third kappa shape index (κ3) is 18.7. The van der Waals surface area contributed by atoms with Crippen molar-refractivity contribution >= 4 is 18.1 Å². The van der Waals surface area contributed by atoms with Gasteiger partial charge in [0, 0.05) is 6.08 Å². The lowest BCUT2D eigenvalue weighted by Gasteiger charge is -1.94. The first-order valence-electron chi connectivity index (χ1n) is 3.63. The Bertz CT molecular complexity index is 228. The molecule has 15 heavy (non-hydrogen) atoms. The molecule has 8 nitrogen and oxygen atoms in total. The fraction of sp³-hybridized carbons (Fsp3) is 0.286. The van der Waals surface area contributed by atoms with E-state index < -0.39 is 18.1 Å². The highest BCUT2D eigenvalue weighted by Gasteiger charge is 1.94. The molecule has 86 valence electrons. The highest BCUT2D eigenvalue weighted by Crippen LogP contribution is 1.75. The van der Waals surface area contributed by atoms with E-state index in [1.807, 2.05) is 0 Å². The van der Waals surface area contributed by atoms with E-state index in [4.69, 9.17) is 10.2 Å². The van der Waals surface area contributed by atoms with Gasteiger partial charge in [0.25, 0.3) is 0 Å². The molecule has 0 fully saturated rings. The fourth-order valence-electron chi connectivity index (χ4n) is 0.311. The summed E-state index contributed by atoms with van der Waals surface area (Å²) in [4.78, 5) is 29.1. The predicted octanol–water partition coefficient (Wildman–Crippen LogP) is -0.959. The standard InChI is InChI=1S/C5H8O3.C2H4N2O3/c1-2-5(7)8-4-3-6;3-1(5)4-2(6)7/h2,6H,1,3-4H2;(H,6,7)(H3,3,4,5). The second-order valence-corrected chi connectivity index (χ2v) is 1.89. The van der Waals surface area contributed by atoms with Crippen LogP contribution in [0.2, 0.25) is 0 Å². The zero-order valence-corrected chi connectivity index (χ0v) is 7.80. The molecule has 0 bridgehead atoms. The molecule has 0 spiro atoms. The second kappa shape index (κ2) is 9.99. The Labute approximate surface area is 85.3 Å². The van der Waals surface area contributed by atoms with E-state index in [0.29, 0.717) is 0 Å². The van der Waals surface area contributed by atoms with E-state index in [1.54, 1.807) is 0 Å². The van der Waals surface area contributed by atoms with Crippen LogP contribution < -0.4 is 11.1 Å². The number of urea groups is 1. The number of carbonyl (C=O) groups is 3. The van der Waals surface area contributed by atoms with E-state index in [1.165, 1.54) is 5.32 Å².